The maximum absolute atomic E-state index is 11.5. The minimum atomic E-state index is -1.09. The molecule has 0 aliphatic carbocycles. The topological polar surface area (TPSA) is 80.4 Å². The summed E-state index contributed by atoms with van der Waals surface area (Å²) in [5.41, 5.74) is 0.694. The highest BCUT2D eigenvalue weighted by atomic mass is 35.5. The Morgan fingerprint density at radius 3 is 2.45 bits per heavy atom. The highest BCUT2D eigenvalue weighted by Crippen LogP contribution is 2.30. The fraction of sp³-hybridized carbons (Fsp3) is 0.133. The number of carboxylic acid groups (broad SMARTS) is 1. The van der Waals surface area contributed by atoms with Gasteiger partial charge in [-0.1, -0.05) is 47.5 Å². The molecule has 0 radical (unpaired) electrons. The van der Waals surface area contributed by atoms with Crippen molar-refractivity contribution in [1.82, 2.24) is 0 Å². The predicted molar refractivity (Wildman–Crippen MR) is 83.6 cm³/mol. The molecule has 0 aliphatic rings. The Bertz CT molecular complexity index is 733. The number of aliphatic carboxylic acids is 1. The second kappa shape index (κ2) is 6.77. The van der Waals surface area contributed by atoms with Crippen LogP contribution in [-0.2, 0) is 11.2 Å². The van der Waals surface area contributed by atoms with E-state index in [0.717, 1.165) is 0 Å². The molecule has 1 atom stereocenters. The third-order valence-electron chi connectivity index (χ3n) is 3.26. The van der Waals surface area contributed by atoms with Crippen LogP contribution in [0.1, 0.15) is 17.0 Å². The van der Waals surface area contributed by atoms with Gasteiger partial charge in [0.15, 0.2) is 0 Å². The predicted octanol–water partition coefficient (Wildman–Crippen LogP) is 4.31. The summed E-state index contributed by atoms with van der Waals surface area (Å²) in [5.74, 6) is -2.03. The van der Waals surface area contributed by atoms with Gasteiger partial charge in [0.1, 0.15) is 0 Å². The van der Waals surface area contributed by atoms with Crippen molar-refractivity contribution in [2.24, 2.45) is 0 Å². The first-order chi connectivity index (χ1) is 10.4. The Morgan fingerprint density at radius 2 is 1.86 bits per heavy atom. The number of carboxylic acids is 1. The van der Waals surface area contributed by atoms with Crippen molar-refractivity contribution in [3.8, 4) is 0 Å². The van der Waals surface area contributed by atoms with E-state index in [1.807, 2.05) is 0 Å². The molecule has 0 amide bonds. The van der Waals surface area contributed by atoms with Gasteiger partial charge in [0.05, 0.1) is 20.9 Å². The van der Waals surface area contributed by atoms with Crippen molar-refractivity contribution in [3.05, 3.63) is 73.8 Å². The minimum absolute atomic E-state index is 0.00948. The van der Waals surface area contributed by atoms with E-state index in [1.165, 1.54) is 24.3 Å². The van der Waals surface area contributed by atoms with E-state index < -0.39 is 16.8 Å². The van der Waals surface area contributed by atoms with Crippen LogP contribution < -0.4 is 0 Å². The zero-order valence-corrected chi connectivity index (χ0v) is 12.7. The monoisotopic (exact) mass is 339 g/mol. The lowest BCUT2D eigenvalue weighted by Gasteiger charge is -2.14. The summed E-state index contributed by atoms with van der Waals surface area (Å²) < 4.78 is 0. The SMILES string of the molecule is O=C(O)C(Cc1ccccc1[N+](=O)[O-])c1ccc(Cl)c(Cl)c1. The molecule has 2 aromatic carbocycles. The minimum Gasteiger partial charge on any atom is -0.481 e. The Labute approximate surface area is 136 Å². The fourth-order valence-corrected chi connectivity index (χ4v) is 2.46. The van der Waals surface area contributed by atoms with Gasteiger partial charge in [0.25, 0.3) is 5.69 Å². The molecule has 114 valence electrons. The van der Waals surface area contributed by atoms with E-state index in [0.29, 0.717) is 16.1 Å². The summed E-state index contributed by atoms with van der Waals surface area (Å²) in [5, 5.41) is 21.0. The van der Waals surface area contributed by atoms with Crippen LogP contribution in [0.4, 0.5) is 5.69 Å². The summed E-state index contributed by atoms with van der Waals surface area (Å²) in [6.07, 6.45) is -0.00948. The van der Waals surface area contributed by atoms with Crippen LogP contribution in [0.25, 0.3) is 0 Å². The molecule has 7 heteroatoms. The maximum atomic E-state index is 11.5. The van der Waals surface area contributed by atoms with Gasteiger partial charge in [-0.05, 0) is 24.1 Å². The lowest BCUT2D eigenvalue weighted by atomic mass is 9.91. The smallest absolute Gasteiger partial charge is 0.311 e. The molecule has 0 aliphatic heterocycles. The van der Waals surface area contributed by atoms with E-state index >= 15 is 0 Å². The Kier molecular flexibility index (Phi) is 5.00. The van der Waals surface area contributed by atoms with Crippen LogP contribution in [0.2, 0.25) is 10.0 Å². The lowest BCUT2D eigenvalue weighted by molar-refractivity contribution is -0.385. The van der Waals surface area contributed by atoms with Crippen molar-refractivity contribution in [1.29, 1.82) is 0 Å². The molecule has 0 heterocycles. The summed E-state index contributed by atoms with van der Waals surface area (Å²) in [7, 11) is 0. The molecule has 0 aromatic heterocycles. The molecular weight excluding hydrogens is 329 g/mol. The van der Waals surface area contributed by atoms with E-state index in [2.05, 4.69) is 0 Å². The fourth-order valence-electron chi connectivity index (χ4n) is 2.16. The normalized spacial score (nSPS) is 11.9. The zero-order chi connectivity index (χ0) is 16.3. The van der Waals surface area contributed by atoms with Crippen LogP contribution in [0.3, 0.4) is 0 Å². The number of hydrogen-bond donors (Lipinski definition) is 1. The number of rotatable bonds is 5. The van der Waals surface area contributed by atoms with Gasteiger partial charge in [-0.15, -0.1) is 0 Å². The first kappa shape index (κ1) is 16.3. The summed E-state index contributed by atoms with van der Waals surface area (Å²) in [6, 6.07) is 10.6. The number of halogens is 2. The molecule has 0 saturated heterocycles. The number of hydrogen-bond acceptors (Lipinski definition) is 3. The van der Waals surface area contributed by atoms with Crippen LogP contribution in [0.5, 0.6) is 0 Å². The van der Waals surface area contributed by atoms with Gasteiger partial charge in [0.2, 0.25) is 0 Å². The number of nitro groups is 1. The van der Waals surface area contributed by atoms with E-state index in [9.17, 15) is 20.0 Å². The first-order valence-corrected chi connectivity index (χ1v) is 7.05. The Hall–Kier alpha value is -2.11. The Balaban J connectivity index is 2.40. The van der Waals surface area contributed by atoms with Crippen molar-refractivity contribution >= 4 is 34.9 Å². The molecule has 2 aromatic rings. The highest BCUT2D eigenvalue weighted by Gasteiger charge is 2.24. The molecule has 0 fully saturated rings. The third-order valence-corrected chi connectivity index (χ3v) is 4.00. The van der Waals surface area contributed by atoms with E-state index in [-0.39, 0.29) is 17.1 Å². The van der Waals surface area contributed by atoms with Gasteiger partial charge >= 0.3 is 5.97 Å². The zero-order valence-electron chi connectivity index (χ0n) is 11.2. The van der Waals surface area contributed by atoms with Crippen LogP contribution in [0, 0.1) is 10.1 Å². The Morgan fingerprint density at radius 1 is 1.18 bits per heavy atom. The maximum Gasteiger partial charge on any atom is 0.311 e. The molecular formula is C15H11Cl2NO4. The quantitative estimate of drug-likeness (QED) is 0.649. The average molecular weight is 340 g/mol. The molecule has 1 unspecified atom stereocenters. The van der Waals surface area contributed by atoms with E-state index in [4.69, 9.17) is 23.2 Å². The molecule has 1 N–H and O–H groups in total. The molecule has 22 heavy (non-hydrogen) atoms. The number of nitrogens with zero attached hydrogens (tertiary/aromatic N) is 1. The molecule has 0 saturated carbocycles. The van der Waals surface area contributed by atoms with Gasteiger partial charge in [0, 0.05) is 11.6 Å². The number of carbonyl (C=O) groups is 1. The largest absolute Gasteiger partial charge is 0.481 e. The second-order valence-electron chi connectivity index (χ2n) is 4.65. The number of nitro benzene ring substituents is 1. The van der Waals surface area contributed by atoms with Gasteiger partial charge in [-0.25, -0.2) is 0 Å². The molecule has 0 spiro atoms. The average Bonchev–Trinajstić information content (AvgIpc) is 2.47. The summed E-state index contributed by atoms with van der Waals surface area (Å²) >= 11 is 11.7. The van der Waals surface area contributed by atoms with Crippen LogP contribution in [-0.4, -0.2) is 16.0 Å². The van der Waals surface area contributed by atoms with Gasteiger partial charge < -0.3 is 5.11 Å². The van der Waals surface area contributed by atoms with Crippen molar-refractivity contribution in [2.45, 2.75) is 12.3 Å². The summed E-state index contributed by atoms with van der Waals surface area (Å²) in [6.45, 7) is 0. The van der Waals surface area contributed by atoms with Gasteiger partial charge in [-0.2, -0.15) is 0 Å². The van der Waals surface area contributed by atoms with Crippen molar-refractivity contribution in [3.63, 3.8) is 0 Å². The number of para-hydroxylation sites is 1. The van der Waals surface area contributed by atoms with Crippen molar-refractivity contribution in [2.75, 3.05) is 0 Å². The molecule has 0 bridgehead atoms. The second-order valence-corrected chi connectivity index (χ2v) is 5.47. The molecule has 5 nitrogen and oxygen atoms in total. The summed E-state index contributed by atoms with van der Waals surface area (Å²) in [4.78, 5) is 22.0. The van der Waals surface area contributed by atoms with Crippen LogP contribution >= 0.6 is 23.2 Å². The number of benzene rings is 2. The van der Waals surface area contributed by atoms with Crippen LogP contribution in [0.15, 0.2) is 42.5 Å². The molecule has 2 rings (SSSR count). The van der Waals surface area contributed by atoms with E-state index in [1.54, 1.807) is 18.2 Å². The third kappa shape index (κ3) is 3.55. The standard InChI is InChI=1S/C15H11Cl2NO4/c16-12-6-5-9(8-13(12)17)11(15(19)20)7-10-3-1-2-4-14(10)18(21)22/h1-6,8,11H,7H2,(H,19,20). The highest BCUT2D eigenvalue weighted by molar-refractivity contribution is 6.42. The van der Waals surface area contributed by atoms with Gasteiger partial charge in [-0.3, -0.25) is 14.9 Å². The van der Waals surface area contributed by atoms with Crippen molar-refractivity contribution < 1.29 is 14.8 Å². The lowest BCUT2D eigenvalue weighted by Crippen LogP contribution is -2.15. The first-order valence-electron chi connectivity index (χ1n) is 6.30.